The Hall–Kier alpha value is -0.270. The number of hydrogen-bond donors (Lipinski definition) is 2. The number of sulfonamides is 1. The molecule has 1 rings (SSSR count). The summed E-state index contributed by atoms with van der Waals surface area (Å²) in [6.45, 7) is 3.70. The van der Waals surface area contributed by atoms with Crippen LogP contribution < -0.4 is 10.0 Å². The highest BCUT2D eigenvalue weighted by Gasteiger charge is 2.27. The molecular weight excluding hydrogens is 226 g/mol. The molecule has 1 saturated heterocycles. The van der Waals surface area contributed by atoms with E-state index < -0.39 is 15.8 Å². The van der Waals surface area contributed by atoms with Gasteiger partial charge in [0.1, 0.15) is 0 Å². The van der Waals surface area contributed by atoms with Gasteiger partial charge < -0.3 is 5.32 Å². The minimum atomic E-state index is -4.42. The number of nitrogens with one attached hydrogen (secondary N) is 2. The minimum Gasteiger partial charge on any atom is -0.316 e. The topological polar surface area (TPSA) is 58.2 Å². The van der Waals surface area contributed by atoms with Crippen molar-refractivity contribution in [2.75, 3.05) is 19.6 Å². The van der Waals surface area contributed by atoms with E-state index in [9.17, 15) is 17.2 Å². The number of piperidine rings is 1. The molecule has 90 valence electrons. The van der Waals surface area contributed by atoms with Gasteiger partial charge >= 0.3 is 5.76 Å². The minimum absolute atomic E-state index is 0.107. The van der Waals surface area contributed by atoms with Crippen LogP contribution in [0.25, 0.3) is 0 Å². The first-order valence-corrected chi connectivity index (χ1v) is 6.45. The van der Waals surface area contributed by atoms with Gasteiger partial charge in [0.05, 0.1) is 0 Å². The Kier molecular flexibility index (Phi) is 4.42. The van der Waals surface area contributed by atoms with Crippen LogP contribution in [0.15, 0.2) is 0 Å². The van der Waals surface area contributed by atoms with Gasteiger partial charge in [-0.25, -0.2) is 13.1 Å². The largest absolute Gasteiger partial charge is 0.350 e. The van der Waals surface area contributed by atoms with Crippen molar-refractivity contribution in [2.24, 2.45) is 11.8 Å². The SMILES string of the molecule is CC1CNCCC1CNS(=O)(=O)C(F)F. The van der Waals surface area contributed by atoms with Crippen LogP contribution in [-0.2, 0) is 10.0 Å². The molecule has 1 fully saturated rings. The standard InChI is InChI=1S/C8H16F2N2O2S/c1-6-4-11-3-2-7(6)5-12-15(13,14)8(9)10/h6-8,11-12H,2-5H2,1H3. The van der Waals surface area contributed by atoms with Gasteiger partial charge in [0.2, 0.25) is 0 Å². The molecule has 0 saturated carbocycles. The molecule has 1 aliphatic heterocycles. The molecule has 15 heavy (non-hydrogen) atoms. The number of alkyl halides is 2. The smallest absolute Gasteiger partial charge is 0.316 e. The lowest BCUT2D eigenvalue weighted by atomic mass is 9.88. The maximum Gasteiger partial charge on any atom is 0.350 e. The van der Waals surface area contributed by atoms with Crippen LogP contribution in [0.4, 0.5) is 8.78 Å². The average molecular weight is 242 g/mol. The summed E-state index contributed by atoms with van der Waals surface area (Å²) in [6.07, 6.45) is 0.812. The summed E-state index contributed by atoms with van der Waals surface area (Å²) in [7, 11) is -4.42. The van der Waals surface area contributed by atoms with E-state index in [4.69, 9.17) is 0 Å². The van der Waals surface area contributed by atoms with Crippen LogP contribution in [0.1, 0.15) is 13.3 Å². The first kappa shape index (κ1) is 12.8. The predicted molar refractivity (Wildman–Crippen MR) is 53.1 cm³/mol. The van der Waals surface area contributed by atoms with Crippen LogP contribution >= 0.6 is 0 Å². The molecule has 1 aliphatic rings. The second-order valence-corrected chi connectivity index (χ2v) is 5.62. The van der Waals surface area contributed by atoms with Gasteiger partial charge in [0.15, 0.2) is 0 Å². The third-order valence-electron chi connectivity index (χ3n) is 2.74. The normalized spacial score (nSPS) is 28.3. The van der Waals surface area contributed by atoms with Gasteiger partial charge in [-0.3, -0.25) is 0 Å². The highest BCUT2D eigenvalue weighted by Crippen LogP contribution is 2.18. The first-order valence-electron chi connectivity index (χ1n) is 4.91. The second-order valence-electron chi connectivity index (χ2n) is 3.88. The molecule has 7 heteroatoms. The number of rotatable bonds is 4. The molecule has 0 bridgehead atoms. The fourth-order valence-electron chi connectivity index (χ4n) is 1.66. The predicted octanol–water partition coefficient (Wildman–Crippen LogP) is 0.374. The van der Waals surface area contributed by atoms with Crippen molar-refractivity contribution in [1.82, 2.24) is 10.0 Å². The molecule has 0 aromatic rings. The lowest BCUT2D eigenvalue weighted by Crippen LogP contribution is -2.42. The maximum absolute atomic E-state index is 12.0. The van der Waals surface area contributed by atoms with E-state index in [1.165, 1.54) is 0 Å². The van der Waals surface area contributed by atoms with Gasteiger partial charge in [0.25, 0.3) is 10.0 Å². The molecule has 0 aliphatic carbocycles. The molecule has 0 radical (unpaired) electrons. The van der Waals surface area contributed by atoms with Crippen LogP contribution in [0.3, 0.4) is 0 Å². The third-order valence-corrected chi connectivity index (χ3v) is 3.78. The van der Waals surface area contributed by atoms with E-state index in [0.717, 1.165) is 19.5 Å². The van der Waals surface area contributed by atoms with E-state index in [2.05, 4.69) is 5.32 Å². The summed E-state index contributed by atoms with van der Waals surface area (Å²) in [5.41, 5.74) is 0. The molecular formula is C8H16F2N2O2S. The van der Waals surface area contributed by atoms with E-state index >= 15 is 0 Å². The molecule has 0 spiro atoms. The highest BCUT2D eigenvalue weighted by molar-refractivity contribution is 7.89. The number of halogens is 2. The molecule has 4 nitrogen and oxygen atoms in total. The zero-order chi connectivity index (χ0) is 11.5. The van der Waals surface area contributed by atoms with Crippen LogP contribution in [0.2, 0.25) is 0 Å². The third kappa shape index (κ3) is 3.66. The Morgan fingerprint density at radius 3 is 2.73 bits per heavy atom. The van der Waals surface area contributed by atoms with Crippen molar-refractivity contribution in [2.45, 2.75) is 19.1 Å². The summed E-state index contributed by atoms with van der Waals surface area (Å²) < 4.78 is 47.6. The Morgan fingerprint density at radius 2 is 2.20 bits per heavy atom. The van der Waals surface area contributed by atoms with Crippen molar-refractivity contribution < 1.29 is 17.2 Å². The van der Waals surface area contributed by atoms with E-state index in [1.807, 2.05) is 11.6 Å². The Morgan fingerprint density at radius 1 is 1.53 bits per heavy atom. The maximum atomic E-state index is 12.0. The quantitative estimate of drug-likeness (QED) is 0.749. The van der Waals surface area contributed by atoms with Crippen LogP contribution in [0, 0.1) is 11.8 Å². The summed E-state index contributed by atoms with van der Waals surface area (Å²) >= 11 is 0. The van der Waals surface area contributed by atoms with Gasteiger partial charge in [-0.05, 0) is 31.3 Å². The van der Waals surface area contributed by atoms with Crippen LogP contribution in [0.5, 0.6) is 0 Å². The van der Waals surface area contributed by atoms with Crippen molar-refractivity contribution in [3.63, 3.8) is 0 Å². The molecule has 2 unspecified atom stereocenters. The van der Waals surface area contributed by atoms with E-state index in [-0.39, 0.29) is 12.5 Å². The van der Waals surface area contributed by atoms with Crippen molar-refractivity contribution >= 4 is 10.0 Å². The van der Waals surface area contributed by atoms with E-state index in [0.29, 0.717) is 5.92 Å². The molecule has 2 N–H and O–H groups in total. The average Bonchev–Trinajstić information content (AvgIpc) is 2.16. The Labute approximate surface area is 88.5 Å². The van der Waals surface area contributed by atoms with Gasteiger partial charge in [-0.1, -0.05) is 6.92 Å². The lowest BCUT2D eigenvalue weighted by Gasteiger charge is -2.29. The lowest BCUT2D eigenvalue weighted by molar-refractivity contribution is 0.228. The Bertz CT molecular complexity index is 295. The number of hydrogen-bond acceptors (Lipinski definition) is 3. The molecule has 0 amide bonds. The van der Waals surface area contributed by atoms with E-state index in [1.54, 1.807) is 0 Å². The zero-order valence-corrected chi connectivity index (χ0v) is 9.36. The van der Waals surface area contributed by atoms with Gasteiger partial charge in [0, 0.05) is 6.54 Å². The van der Waals surface area contributed by atoms with Crippen molar-refractivity contribution in [1.29, 1.82) is 0 Å². The monoisotopic (exact) mass is 242 g/mol. The molecule has 2 atom stereocenters. The summed E-state index contributed by atoms with van der Waals surface area (Å²) in [4.78, 5) is 0. The summed E-state index contributed by atoms with van der Waals surface area (Å²) in [5.74, 6) is -2.89. The summed E-state index contributed by atoms with van der Waals surface area (Å²) in [5, 5.41) is 3.16. The fraction of sp³-hybridized carbons (Fsp3) is 1.00. The van der Waals surface area contributed by atoms with Crippen LogP contribution in [-0.4, -0.2) is 33.8 Å². The van der Waals surface area contributed by atoms with Crippen molar-refractivity contribution in [3.8, 4) is 0 Å². The van der Waals surface area contributed by atoms with Gasteiger partial charge in [-0.2, -0.15) is 8.78 Å². The molecule has 1 heterocycles. The highest BCUT2D eigenvalue weighted by atomic mass is 32.2. The Balaban J connectivity index is 2.42. The second kappa shape index (κ2) is 5.18. The van der Waals surface area contributed by atoms with Crippen molar-refractivity contribution in [3.05, 3.63) is 0 Å². The zero-order valence-electron chi connectivity index (χ0n) is 8.54. The summed E-state index contributed by atoms with van der Waals surface area (Å²) in [6, 6.07) is 0. The molecule has 0 aromatic heterocycles. The van der Waals surface area contributed by atoms with Gasteiger partial charge in [-0.15, -0.1) is 0 Å². The first-order chi connectivity index (χ1) is 6.93. The molecule has 0 aromatic carbocycles. The fourth-order valence-corrected chi connectivity index (χ4v) is 2.23.